The van der Waals surface area contributed by atoms with Gasteiger partial charge in [0.1, 0.15) is 5.75 Å². The van der Waals surface area contributed by atoms with Gasteiger partial charge in [-0.05, 0) is 31.4 Å². The van der Waals surface area contributed by atoms with Crippen LogP contribution in [0.5, 0.6) is 5.75 Å². The van der Waals surface area contributed by atoms with E-state index in [2.05, 4.69) is 25.7 Å². The molecule has 1 unspecified atom stereocenters. The topological polar surface area (TPSA) is 52.9 Å². The summed E-state index contributed by atoms with van der Waals surface area (Å²) < 4.78 is 5.35. The zero-order valence-corrected chi connectivity index (χ0v) is 12.3. The van der Waals surface area contributed by atoms with Gasteiger partial charge in [0.2, 0.25) is 0 Å². The minimum atomic E-state index is -1.44. The van der Waals surface area contributed by atoms with Crippen LogP contribution in [-0.4, -0.2) is 41.8 Å². The lowest BCUT2D eigenvalue weighted by Gasteiger charge is -2.27. The lowest BCUT2D eigenvalue weighted by Crippen LogP contribution is -2.34. The zero-order chi connectivity index (χ0) is 14.4. The molecule has 0 aliphatic carbocycles. The highest BCUT2D eigenvalue weighted by Gasteiger charge is 2.17. The molecule has 0 aliphatic heterocycles. The summed E-state index contributed by atoms with van der Waals surface area (Å²) in [6.07, 6.45) is 1.08. The molecule has 1 aromatic carbocycles. The van der Waals surface area contributed by atoms with Gasteiger partial charge in [0.25, 0.3) is 0 Å². The Bertz CT molecular complexity index is 398. The fraction of sp³-hybridized carbons (Fsp3) is 0.571. The van der Waals surface area contributed by atoms with Crippen LogP contribution in [0.1, 0.15) is 32.8 Å². The van der Waals surface area contributed by atoms with Crippen LogP contribution in [0.15, 0.2) is 18.2 Å². The van der Waals surface area contributed by atoms with E-state index in [9.17, 15) is 10.0 Å². The van der Waals surface area contributed by atoms with Crippen LogP contribution in [0.3, 0.4) is 0 Å². The highest BCUT2D eigenvalue weighted by Crippen LogP contribution is 2.20. The van der Waals surface area contributed by atoms with Crippen LogP contribution in [-0.2, 0) is 6.54 Å². The summed E-state index contributed by atoms with van der Waals surface area (Å²) in [6.45, 7) is 8.18. The number of nitrogens with zero attached hydrogens (tertiary/aromatic N) is 1. The van der Waals surface area contributed by atoms with Gasteiger partial charge in [-0.1, -0.05) is 26.0 Å². The number of ether oxygens (including phenoxy) is 1. The molecule has 19 heavy (non-hydrogen) atoms. The molecule has 0 aromatic heterocycles. The van der Waals surface area contributed by atoms with Crippen LogP contribution in [0.2, 0.25) is 0 Å². The Morgan fingerprint density at radius 2 is 2.00 bits per heavy atom. The highest BCUT2D eigenvalue weighted by molar-refractivity contribution is 6.58. The second-order valence-corrected chi connectivity index (χ2v) is 4.77. The summed E-state index contributed by atoms with van der Waals surface area (Å²) in [5.41, 5.74) is 1.48. The molecule has 0 aliphatic rings. The van der Waals surface area contributed by atoms with E-state index in [1.54, 1.807) is 25.3 Å². The van der Waals surface area contributed by atoms with Crippen molar-refractivity contribution >= 4 is 12.6 Å². The largest absolute Gasteiger partial charge is 0.496 e. The fourth-order valence-corrected chi connectivity index (χ4v) is 2.14. The van der Waals surface area contributed by atoms with Gasteiger partial charge in [0.15, 0.2) is 0 Å². The predicted molar refractivity (Wildman–Crippen MR) is 78.7 cm³/mol. The quantitative estimate of drug-likeness (QED) is 0.722. The van der Waals surface area contributed by atoms with Gasteiger partial charge in [-0.25, -0.2) is 0 Å². The molecule has 106 valence electrons. The molecule has 0 fully saturated rings. The minimum Gasteiger partial charge on any atom is -0.496 e. The molecule has 0 amide bonds. The molecule has 1 aromatic rings. The lowest BCUT2D eigenvalue weighted by molar-refractivity contribution is 0.203. The van der Waals surface area contributed by atoms with E-state index in [1.165, 1.54) is 0 Å². The normalized spacial score (nSPS) is 12.6. The van der Waals surface area contributed by atoms with Gasteiger partial charge in [-0.15, -0.1) is 0 Å². The molecule has 1 rings (SSSR count). The van der Waals surface area contributed by atoms with Crippen LogP contribution < -0.4 is 10.2 Å². The lowest BCUT2D eigenvalue weighted by atomic mass is 9.79. The minimum absolute atomic E-state index is 0.484. The van der Waals surface area contributed by atoms with Crippen molar-refractivity contribution in [3.05, 3.63) is 23.8 Å². The summed E-state index contributed by atoms with van der Waals surface area (Å²) in [5, 5.41) is 18.5. The molecule has 1 atom stereocenters. The SMILES string of the molecule is CCC(C)N(CC)Cc1cc(B(O)O)ccc1OC. The first-order chi connectivity index (χ1) is 9.03. The number of hydrogen-bond acceptors (Lipinski definition) is 4. The molecule has 0 bridgehead atoms. The van der Waals surface area contributed by atoms with E-state index in [-0.39, 0.29) is 0 Å². The van der Waals surface area contributed by atoms with Crippen LogP contribution in [0.4, 0.5) is 0 Å². The van der Waals surface area contributed by atoms with Gasteiger partial charge < -0.3 is 14.8 Å². The highest BCUT2D eigenvalue weighted by atomic mass is 16.5. The van der Waals surface area contributed by atoms with Crippen molar-refractivity contribution < 1.29 is 14.8 Å². The van der Waals surface area contributed by atoms with Crippen molar-refractivity contribution in [2.45, 2.75) is 39.8 Å². The van der Waals surface area contributed by atoms with E-state index in [0.29, 0.717) is 11.5 Å². The Kier molecular flexibility index (Phi) is 6.35. The maximum Gasteiger partial charge on any atom is 0.488 e. The molecule has 0 spiro atoms. The molecular weight excluding hydrogens is 241 g/mol. The monoisotopic (exact) mass is 265 g/mol. The number of methoxy groups -OCH3 is 1. The van der Waals surface area contributed by atoms with Gasteiger partial charge in [-0.3, -0.25) is 4.90 Å². The maximum absolute atomic E-state index is 9.26. The molecular formula is C14H24BNO3. The van der Waals surface area contributed by atoms with Crippen molar-refractivity contribution in [3.63, 3.8) is 0 Å². The smallest absolute Gasteiger partial charge is 0.488 e. The fourth-order valence-electron chi connectivity index (χ4n) is 2.14. The molecule has 5 heteroatoms. The Balaban J connectivity index is 2.99. The van der Waals surface area contributed by atoms with Crippen molar-refractivity contribution in [1.29, 1.82) is 0 Å². The third-order valence-corrected chi connectivity index (χ3v) is 3.60. The molecule has 4 nitrogen and oxygen atoms in total. The average Bonchev–Trinajstić information content (AvgIpc) is 2.43. The summed E-state index contributed by atoms with van der Waals surface area (Å²) in [6, 6.07) is 5.74. The van der Waals surface area contributed by atoms with Gasteiger partial charge in [0.05, 0.1) is 7.11 Å². The van der Waals surface area contributed by atoms with Crippen molar-refractivity contribution in [3.8, 4) is 5.75 Å². The average molecular weight is 265 g/mol. The van der Waals surface area contributed by atoms with E-state index in [1.807, 2.05) is 0 Å². The Hall–Kier alpha value is -1.04. The zero-order valence-electron chi connectivity index (χ0n) is 12.3. The molecule has 2 N–H and O–H groups in total. The first kappa shape index (κ1) is 16.0. The summed E-state index contributed by atoms with van der Waals surface area (Å²) in [4.78, 5) is 2.34. The van der Waals surface area contributed by atoms with Crippen LogP contribution >= 0.6 is 0 Å². The summed E-state index contributed by atoms with van der Waals surface area (Å²) >= 11 is 0. The first-order valence-electron chi connectivity index (χ1n) is 6.80. The third-order valence-electron chi connectivity index (χ3n) is 3.60. The van der Waals surface area contributed by atoms with E-state index in [4.69, 9.17) is 4.74 Å². The van der Waals surface area contributed by atoms with Crippen LogP contribution in [0, 0.1) is 0 Å². The predicted octanol–water partition coefficient (Wildman–Crippen LogP) is 0.995. The molecule has 0 saturated carbocycles. The van der Waals surface area contributed by atoms with E-state index in [0.717, 1.165) is 30.8 Å². The number of rotatable bonds is 7. The Labute approximate surface area is 116 Å². The van der Waals surface area contributed by atoms with Crippen molar-refractivity contribution in [2.24, 2.45) is 0 Å². The second-order valence-electron chi connectivity index (χ2n) is 4.77. The first-order valence-corrected chi connectivity index (χ1v) is 6.80. The van der Waals surface area contributed by atoms with Crippen LogP contribution in [0.25, 0.3) is 0 Å². The van der Waals surface area contributed by atoms with Gasteiger partial charge >= 0.3 is 7.12 Å². The molecule has 0 heterocycles. The number of hydrogen-bond donors (Lipinski definition) is 2. The Morgan fingerprint density at radius 3 is 2.47 bits per heavy atom. The van der Waals surface area contributed by atoms with Gasteiger partial charge in [0, 0.05) is 18.2 Å². The molecule has 0 radical (unpaired) electrons. The van der Waals surface area contributed by atoms with Crippen molar-refractivity contribution in [2.75, 3.05) is 13.7 Å². The second kappa shape index (κ2) is 7.53. The maximum atomic E-state index is 9.26. The summed E-state index contributed by atoms with van der Waals surface area (Å²) in [5.74, 6) is 0.783. The van der Waals surface area contributed by atoms with E-state index < -0.39 is 7.12 Å². The van der Waals surface area contributed by atoms with Crippen molar-refractivity contribution in [1.82, 2.24) is 4.90 Å². The van der Waals surface area contributed by atoms with E-state index >= 15 is 0 Å². The Morgan fingerprint density at radius 1 is 1.32 bits per heavy atom. The van der Waals surface area contributed by atoms with Gasteiger partial charge in [-0.2, -0.15) is 0 Å². The number of benzene rings is 1. The third kappa shape index (κ3) is 4.23. The standard InChI is InChI=1S/C14H24BNO3/c1-5-11(3)16(6-2)10-12-9-13(15(17)18)7-8-14(12)19-4/h7-9,11,17-18H,5-6,10H2,1-4H3. The molecule has 0 saturated heterocycles. The summed E-state index contributed by atoms with van der Waals surface area (Å²) in [7, 11) is 0.191.